The first-order valence-electron chi connectivity index (χ1n) is 7.47. The summed E-state index contributed by atoms with van der Waals surface area (Å²) in [5.74, 6) is 0. The lowest BCUT2D eigenvalue weighted by molar-refractivity contribution is 0.0520. The molecule has 0 aliphatic carbocycles. The van der Waals surface area contributed by atoms with E-state index in [0.717, 1.165) is 15.8 Å². The summed E-state index contributed by atoms with van der Waals surface area (Å²) >= 11 is 1.45. The molecule has 0 spiro atoms. The Morgan fingerprint density at radius 2 is 1.96 bits per heavy atom. The topological polar surface area (TPSA) is 55.6 Å². The third-order valence-electron chi connectivity index (χ3n) is 3.34. The number of carbonyl (C=O) groups is 1. The molecule has 1 heterocycles. The molecule has 0 bridgehead atoms. The number of aromatic nitrogens is 1. The fraction of sp³-hybridized carbons (Fsp3) is 0.111. The molecule has 1 N–H and O–H groups in total. The van der Waals surface area contributed by atoms with E-state index in [2.05, 4.69) is 17.1 Å². The highest BCUT2D eigenvalue weighted by Crippen LogP contribution is 2.16. The number of urea groups is 1. The van der Waals surface area contributed by atoms with E-state index in [9.17, 15) is 4.79 Å². The van der Waals surface area contributed by atoms with Crippen LogP contribution in [0.15, 0.2) is 72.2 Å². The number of hydroxylamine groups is 1. The van der Waals surface area contributed by atoms with Crippen molar-refractivity contribution in [2.75, 3.05) is 0 Å². The van der Waals surface area contributed by atoms with Crippen molar-refractivity contribution in [2.45, 2.75) is 13.2 Å². The van der Waals surface area contributed by atoms with Crippen LogP contribution in [-0.4, -0.2) is 10.6 Å². The average molecular weight is 339 g/mol. The number of hydrogen-bond acceptors (Lipinski definition) is 3. The highest BCUT2D eigenvalue weighted by atomic mass is 32.1. The number of fused-ring (bicyclic) bond motifs is 1. The van der Waals surface area contributed by atoms with E-state index in [1.54, 1.807) is 6.08 Å². The second-order valence-corrected chi connectivity index (χ2v) is 6.05. The van der Waals surface area contributed by atoms with Crippen molar-refractivity contribution < 1.29 is 9.63 Å². The van der Waals surface area contributed by atoms with Gasteiger partial charge in [-0.25, -0.2) is 10.3 Å². The SMILES string of the molecule is C=CCn1c(=NC(=O)NOCc2ccccc2)sc2ccccc21. The standard InChI is InChI=1S/C18H17N3O2S/c1-2-12-21-15-10-6-7-11-16(15)24-18(21)19-17(22)20-23-13-14-8-4-3-5-9-14/h2-11H,1,12-13H2,(H,20,22). The highest BCUT2D eigenvalue weighted by molar-refractivity contribution is 7.16. The van der Waals surface area contributed by atoms with Crippen LogP contribution in [-0.2, 0) is 18.0 Å². The zero-order valence-corrected chi connectivity index (χ0v) is 13.8. The number of rotatable bonds is 5. The van der Waals surface area contributed by atoms with Crippen LogP contribution in [0, 0.1) is 0 Å². The molecule has 3 rings (SSSR count). The number of carbonyl (C=O) groups excluding carboxylic acids is 1. The van der Waals surface area contributed by atoms with Gasteiger partial charge in [0.15, 0.2) is 4.80 Å². The van der Waals surface area contributed by atoms with Gasteiger partial charge in [-0.1, -0.05) is 59.9 Å². The van der Waals surface area contributed by atoms with Gasteiger partial charge in [0.1, 0.15) is 0 Å². The first-order valence-corrected chi connectivity index (χ1v) is 8.29. The summed E-state index contributed by atoms with van der Waals surface area (Å²) in [6.45, 7) is 4.64. The molecule has 3 aromatic rings. The summed E-state index contributed by atoms with van der Waals surface area (Å²) in [5, 5.41) is 0. The molecule has 5 nitrogen and oxygen atoms in total. The summed E-state index contributed by atoms with van der Waals surface area (Å²) in [5.41, 5.74) is 4.36. The van der Waals surface area contributed by atoms with Gasteiger partial charge in [0, 0.05) is 6.54 Å². The maximum Gasteiger partial charge on any atom is 0.367 e. The molecule has 2 aromatic carbocycles. The minimum Gasteiger partial charge on any atom is -0.312 e. The van der Waals surface area contributed by atoms with Crippen LogP contribution in [0.4, 0.5) is 4.79 Å². The number of para-hydroxylation sites is 1. The smallest absolute Gasteiger partial charge is 0.312 e. The number of thiazole rings is 1. The summed E-state index contributed by atoms with van der Waals surface area (Å²) < 4.78 is 3.01. The van der Waals surface area contributed by atoms with Crippen molar-refractivity contribution in [3.63, 3.8) is 0 Å². The van der Waals surface area contributed by atoms with Crippen molar-refractivity contribution in [3.8, 4) is 0 Å². The lowest BCUT2D eigenvalue weighted by Gasteiger charge is -2.03. The van der Waals surface area contributed by atoms with Gasteiger partial charge >= 0.3 is 6.03 Å². The van der Waals surface area contributed by atoms with Crippen molar-refractivity contribution in [1.29, 1.82) is 0 Å². The lowest BCUT2D eigenvalue weighted by atomic mass is 10.2. The molecule has 1 aromatic heterocycles. The van der Waals surface area contributed by atoms with Crippen LogP contribution in [0.2, 0.25) is 0 Å². The Hall–Kier alpha value is -2.70. The van der Waals surface area contributed by atoms with Crippen LogP contribution in [0.5, 0.6) is 0 Å². The Kier molecular flexibility index (Phi) is 5.20. The van der Waals surface area contributed by atoms with E-state index >= 15 is 0 Å². The van der Waals surface area contributed by atoms with Gasteiger partial charge in [-0.3, -0.25) is 4.84 Å². The number of nitrogens with zero attached hydrogens (tertiary/aromatic N) is 2. The van der Waals surface area contributed by atoms with Gasteiger partial charge in [-0.2, -0.15) is 4.99 Å². The predicted octanol–water partition coefficient (Wildman–Crippen LogP) is 3.63. The zero-order valence-electron chi connectivity index (χ0n) is 13.0. The molecule has 24 heavy (non-hydrogen) atoms. The third kappa shape index (κ3) is 3.79. The van der Waals surface area contributed by atoms with E-state index in [0.29, 0.717) is 18.0 Å². The predicted molar refractivity (Wildman–Crippen MR) is 95.3 cm³/mol. The molecule has 2 amide bonds. The van der Waals surface area contributed by atoms with Crippen LogP contribution < -0.4 is 10.3 Å². The summed E-state index contributed by atoms with van der Waals surface area (Å²) in [7, 11) is 0. The summed E-state index contributed by atoms with van der Waals surface area (Å²) in [6.07, 6.45) is 1.78. The highest BCUT2D eigenvalue weighted by Gasteiger charge is 2.06. The van der Waals surface area contributed by atoms with Crippen molar-refractivity contribution in [2.24, 2.45) is 4.99 Å². The van der Waals surface area contributed by atoms with Crippen LogP contribution in [0.25, 0.3) is 10.2 Å². The van der Waals surface area contributed by atoms with E-state index in [-0.39, 0.29) is 0 Å². The lowest BCUT2D eigenvalue weighted by Crippen LogP contribution is -2.24. The fourth-order valence-corrected chi connectivity index (χ4v) is 3.31. The Morgan fingerprint density at radius 1 is 1.21 bits per heavy atom. The normalized spacial score (nSPS) is 11.6. The number of hydrogen-bond donors (Lipinski definition) is 1. The molecule has 0 aliphatic heterocycles. The third-order valence-corrected chi connectivity index (χ3v) is 4.40. The zero-order chi connectivity index (χ0) is 16.8. The monoisotopic (exact) mass is 339 g/mol. The quantitative estimate of drug-likeness (QED) is 0.570. The molecule has 6 heteroatoms. The van der Waals surface area contributed by atoms with Crippen molar-refractivity contribution >= 4 is 27.6 Å². The van der Waals surface area contributed by atoms with Crippen molar-refractivity contribution in [1.82, 2.24) is 10.0 Å². The minimum atomic E-state index is -0.532. The average Bonchev–Trinajstić information content (AvgIpc) is 2.94. The molecule has 0 atom stereocenters. The maximum atomic E-state index is 12.0. The molecule has 0 saturated heterocycles. The Balaban J connectivity index is 1.75. The molecule has 0 radical (unpaired) electrons. The maximum absolute atomic E-state index is 12.0. The van der Waals surface area contributed by atoms with Gasteiger partial charge in [0.05, 0.1) is 16.8 Å². The van der Waals surface area contributed by atoms with Gasteiger partial charge < -0.3 is 4.57 Å². The molecule has 122 valence electrons. The van der Waals surface area contributed by atoms with Crippen LogP contribution >= 0.6 is 11.3 Å². The van der Waals surface area contributed by atoms with Gasteiger partial charge in [0.2, 0.25) is 0 Å². The van der Waals surface area contributed by atoms with Crippen molar-refractivity contribution in [3.05, 3.63) is 77.6 Å². The van der Waals surface area contributed by atoms with Crippen LogP contribution in [0.1, 0.15) is 5.56 Å². The molecule has 0 saturated carbocycles. The Bertz CT molecular complexity index is 913. The molecular weight excluding hydrogens is 322 g/mol. The number of nitrogens with one attached hydrogen (secondary N) is 1. The second-order valence-electron chi connectivity index (χ2n) is 5.04. The molecular formula is C18H17N3O2S. The van der Waals surface area contributed by atoms with E-state index in [4.69, 9.17) is 4.84 Å². The number of amides is 2. The van der Waals surface area contributed by atoms with Gasteiger partial charge in [-0.15, -0.1) is 6.58 Å². The number of allylic oxidation sites excluding steroid dienone is 1. The number of benzene rings is 2. The molecule has 0 unspecified atom stereocenters. The Morgan fingerprint density at radius 3 is 2.75 bits per heavy atom. The van der Waals surface area contributed by atoms with E-state index in [1.165, 1.54) is 11.3 Å². The Labute approximate surface area is 143 Å². The molecule has 0 fully saturated rings. The summed E-state index contributed by atoms with van der Waals surface area (Å²) in [4.78, 5) is 21.9. The first kappa shape index (κ1) is 16.2. The second kappa shape index (κ2) is 7.72. The van der Waals surface area contributed by atoms with Crippen LogP contribution in [0.3, 0.4) is 0 Å². The largest absolute Gasteiger partial charge is 0.367 e. The molecule has 0 aliphatic rings. The fourth-order valence-electron chi connectivity index (χ4n) is 2.28. The first-order chi connectivity index (χ1) is 11.8. The minimum absolute atomic E-state index is 0.293. The van der Waals surface area contributed by atoms with E-state index in [1.807, 2.05) is 59.2 Å². The van der Waals surface area contributed by atoms with Gasteiger partial charge in [-0.05, 0) is 17.7 Å². The summed E-state index contributed by atoms with van der Waals surface area (Å²) in [6, 6.07) is 17.0. The van der Waals surface area contributed by atoms with E-state index < -0.39 is 6.03 Å². The van der Waals surface area contributed by atoms with Gasteiger partial charge in [0.25, 0.3) is 0 Å².